The predicted molar refractivity (Wildman–Crippen MR) is 169 cm³/mol. The highest BCUT2D eigenvalue weighted by atomic mass is 16.5. The zero-order valence-corrected chi connectivity index (χ0v) is 28.8. The van der Waals surface area contributed by atoms with Crippen molar-refractivity contribution in [3.8, 4) is 0 Å². The van der Waals surface area contributed by atoms with E-state index in [9.17, 15) is 24.0 Å². The van der Waals surface area contributed by atoms with Crippen LogP contribution in [0.2, 0.25) is 0 Å². The highest BCUT2D eigenvalue weighted by Crippen LogP contribution is 2.29. The van der Waals surface area contributed by atoms with Gasteiger partial charge in [-0.25, -0.2) is 0 Å². The van der Waals surface area contributed by atoms with Crippen LogP contribution in [-0.4, -0.2) is 137 Å². The molecule has 44 heavy (non-hydrogen) atoms. The maximum Gasteiger partial charge on any atom is 0.242 e. The third-order valence-electron chi connectivity index (χ3n) is 8.88. The number of hydrogen-bond acceptors (Lipinski definition) is 8. The smallest absolute Gasteiger partial charge is 0.242 e. The van der Waals surface area contributed by atoms with Gasteiger partial charge in [-0.1, -0.05) is 41.0 Å². The van der Waals surface area contributed by atoms with Crippen molar-refractivity contribution in [2.75, 3.05) is 62.0 Å². The molecule has 7 unspecified atom stereocenters. The third kappa shape index (κ3) is 10.7. The molecule has 1 rings (SSSR count). The van der Waals surface area contributed by atoms with E-state index in [1.807, 2.05) is 46.7 Å². The summed E-state index contributed by atoms with van der Waals surface area (Å²) in [5.74, 6) is -1.79. The molecule has 0 aromatic heterocycles. The Hall–Kier alpha value is -2.77. The first-order valence-corrected chi connectivity index (χ1v) is 15.7. The van der Waals surface area contributed by atoms with Gasteiger partial charge in [0.25, 0.3) is 0 Å². The van der Waals surface area contributed by atoms with Gasteiger partial charge in [0, 0.05) is 34.9 Å². The standard InChI is InChI=1S/C31H58N6O7/c1-12-20(4)28(36(9)26(40)18-34-31(42)27(19(2)3)35(7)8)23(43-10)16-25(39)37-15-13-14-22(37)29(44-11)21(5)30(41)33-17-24(38)32-6/h19-23,27-29H,12-18H2,1-11H3,(H,32,38)(H,33,41)(H,34,42). The fourth-order valence-electron chi connectivity index (χ4n) is 6.27. The molecule has 5 amide bonds. The maximum atomic E-state index is 13.8. The second-order valence-electron chi connectivity index (χ2n) is 12.4. The van der Waals surface area contributed by atoms with Crippen LogP contribution in [0.15, 0.2) is 0 Å². The van der Waals surface area contributed by atoms with Crippen LogP contribution in [0.5, 0.6) is 0 Å². The van der Waals surface area contributed by atoms with Crippen molar-refractivity contribution in [2.45, 2.75) is 90.6 Å². The molecule has 1 aliphatic rings. The summed E-state index contributed by atoms with van der Waals surface area (Å²) < 4.78 is 11.6. The first-order valence-electron chi connectivity index (χ1n) is 15.7. The van der Waals surface area contributed by atoms with Crippen molar-refractivity contribution in [2.24, 2.45) is 17.8 Å². The van der Waals surface area contributed by atoms with E-state index in [1.54, 1.807) is 23.8 Å². The summed E-state index contributed by atoms with van der Waals surface area (Å²) in [6.45, 7) is 9.90. The summed E-state index contributed by atoms with van der Waals surface area (Å²) >= 11 is 0. The fraction of sp³-hybridized carbons (Fsp3) is 0.839. The quantitative estimate of drug-likeness (QED) is 0.199. The summed E-state index contributed by atoms with van der Waals surface area (Å²) in [5.41, 5.74) is 0. The Kier molecular flexibility index (Phi) is 16.9. The van der Waals surface area contributed by atoms with E-state index in [2.05, 4.69) is 16.0 Å². The first-order chi connectivity index (χ1) is 20.7. The lowest BCUT2D eigenvalue weighted by molar-refractivity contribution is -0.146. The minimum atomic E-state index is -0.601. The topological polar surface area (TPSA) is 150 Å². The Balaban J connectivity index is 3.05. The molecule has 13 nitrogen and oxygen atoms in total. The molecule has 0 aliphatic carbocycles. The van der Waals surface area contributed by atoms with Gasteiger partial charge in [0.05, 0.1) is 55.8 Å². The summed E-state index contributed by atoms with van der Waals surface area (Å²) in [6.07, 6.45) is 1.06. The lowest BCUT2D eigenvalue weighted by Gasteiger charge is -2.39. The number of nitrogens with one attached hydrogen (secondary N) is 3. The van der Waals surface area contributed by atoms with Gasteiger partial charge in [0.1, 0.15) is 0 Å². The van der Waals surface area contributed by atoms with Gasteiger partial charge in [-0.15, -0.1) is 0 Å². The molecule has 7 atom stereocenters. The number of carbonyl (C=O) groups is 5. The van der Waals surface area contributed by atoms with Gasteiger partial charge in [0.2, 0.25) is 29.5 Å². The summed E-state index contributed by atoms with van der Waals surface area (Å²) in [6, 6.07) is -1.11. The van der Waals surface area contributed by atoms with E-state index < -0.39 is 24.2 Å². The van der Waals surface area contributed by atoms with Crippen molar-refractivity contribution in [1.82, 2.24) is 30.7 Å². The van der Waals surface area contributed by atoms with E-state index in [4.69, 9.17) is 9.47 Å². The van der Waals surface area contributed by atoms with Gasteiger partial charge >= 0.3 is 0 Å². The van der Waals surface area contributed by atoms with Gasteiger partial charge in [-0.2, -0.15) is 0 Å². The number of methoxy groups -OCH3 is 2. The predicted octanol–water partition coefficient (Wildman–Crippen LogP) is 0.471. The fourth-order valence-corrected chi connectivity index (χ4v) is 6.27. The lowest BCUT2D eigenvalue weighted by atomic mass is 9.90. The van der Waals surface area contributed by atoms with Crippen LogP contribution in [0.25, 0.3) is 0 Å². The Morgan fingerprint density at radius 3 is 2.05 bits per heavy atom. The third-order valence-corrected chi connectivity index (χ3v) is 8.88. The molecule has 0 bridgehead atoms. The molecule has 3 N–H and O–H groups in total. The number of nitrogens with zero attached hydrogens (tertiary/aromatic N) is 3. The minimum Gasteiger partial charge on any atom is -0.379 e. The van der Waals surface area contributed by atoms with E-state index >= 15 is 0 Å². The molecule has 0 aromatic carbocycles. The molecule has 1 aliphatic heterocycles. The molecule has 0 aromatic rings. The van der Waals surface area contributed by atoms with Crippen molar-refractivity contribution in [3.63, 3.8) is 0 Å². The zero-order chi connectivity index (χ0) is 33.7. The first kappa shape index (κ1) is 39.3. The molecule has 0 spiro atoms. The SMILES string of the molecule is CCC(C)C(C(CC(=O)N1CCCC1C(OC)C(C)C(=O)NCC(=O)NC)OC)N(C)C(=O)CNC(=O)C(C(C)C)N(C)C. The molecule has 13 heteroatoms. The molecule has 0 radical (unpaired) electrons. The van der Waals surface area contributed by atoms with E-state index in [0.29, 0.717) is 13.0 Å². The molecule has 1 saturated heterocycles. The number of carbonyl (C=O) groups excluding carboxylic acids is 5. The second-order valence-corrected chi connectivity index (χ2v) is 12.4. The van der Waals surface area contributed by atoms with Crippen LogP contribution >= 0.6 is 0 Å². The Morgan fingerprint density at radius 2 is 1.55 bits per heavy atom. The van der Waals surface area contributed by atoms with Crippen molar-refractivity contribution in [1.29, 1.82) is 0 Å². The highest BCUT2D eigenvalue weighted by molar-refractivity contribution is 5.88. The summed E-state index contributed by atoms with van der Waals surface area (Å²) in [4.78, 5) is 69.5. The molecular formula is C31H58N6O7. The largest absolute Gasteiger partial charge is 0.379 e. The lowest BCUT2D eigenvalue weighted by Crippen LogP contribution is -2.55. The van der Waals surface area contributed by atoms with Crippen molar-refractivity contribution >= 4 is 29.5 Å². The van der Waals surface area contributed by atoms with Gasteiger partial charge < -0.3 is 35.2 Å². The average Bonchev–Trinajstić information content (AvgIpc) is 3.47. The summed E-state index contributed by atoms with van der Waals surface area (Å²) in [7, 11) is 9.91. The Bertz CT molecular complexity index is 954. The summed E-state index contributed by atoms with van der Waals surface area (Å²) in [5, 5.41) is 7.88. The Labute approximate surface area is 264 Å². The van der Waals surface area contributed by atoms with Crippen LogP contribution in [0, 0.1) is 17.8 Å². The average molecular weight is 627 g/mol. The number of ether oxygens (including phenoxy) is 2. The van der Waals surface area contributed by atoms with Gasteiger partial charge in [-0.3, -0.25) is 28.9 Å². The van der Waals surface area contributed by atoms with Crippen molar-refractivity contribution < 1.29 is 33.4 Å². The number of likely N-dealkylation sites (tertiary alicyclic amines) is 1. The highest BCUT2D eigenvalue weighted by Gasteiger charge is 2.42. The molecular weight excluding hydrogens is 568 g/mol. The molecule has 1 heterocycles. The zero-order valence-electron chi connectivity index (χ0n) is 28.8. The second kappa shape index (κ2) is 18.9. The normalized spacial score (nSPS) is 19.1. The van der Waals surface area contributed by atoms with Crippen LogP contribution in [-0.2, 0) is 33.4 Å². The van der Waals surface area contributed by atoms with Gasteiger partial charge in [0.15, 0.2) is 0 Å². The molecule has 254 valence electrons. The van der Waals surface area contributed by atoms with E-state index in [0.717, 1.165) is 12.8 Å². The number of rotatable bonds is 18. The number of amides is 5. The molecule has 1 fully saturated rings. The van der Waals surface area contributed by atoms with E-state index in [1.165, 1.54) is 21.3 Å². The monoisotopic (exact) mass is 626 g/mol. The van der Waals surface area contributed by atoms with Gasteiger partial charge in [-0.05, 0) is 38.8 Å². The van der Waals surface area contributed by atoms with Crippen LogP contribution < -0.4 is 16.0 Å². The number of likely N-dealkylation sites (N-methyl/N-ethyl adjacent to an activating group) is 3. The van der Waals surface area contributed by atoms with Crippen LogP contribution in [0.3, 0.4) is 0 Å². The van der Waals surface area contributed by atoms with E-state index in [-0.39, 0.29) is 73.0 Å². The Morgan fingerprint density at radius 1 is 0.932 bits per heavy atom. The van der Waals surface area contributed by atoms with Crippen LogP contribution in [0.4, 0.5) is 0 Å². The maximum absolute atomic E-state index is 13.8. The minimum absolute atomic E-state index is 0.00715. The molecule has 0 saturated carbocycles. The van der Waals surface area contributed by atoms with Crippen molar-refractivity contribution in [3.05, 3.63) is 0 Å². The van der Waals surface area contributed by atoms with Crippen LogP contribution in [0.1, 0.15) is 60.3 Å². The number of hydrogen-bond donors (Lipinski definition) is 3.